The fourth-order valence-electron chi connectivity index (χ4n) is 2.18. The second kappa shape index (κ2) is 3.82. The lowest BCUT2D eigenvalue weighted by Gasteiger charge is -2.22. The zero-order chi connectivity index (χ0) is 10.2. The maximum Gasteiger partial charge on any atom is 0.0207 e. The van der Waals surface area contributed by atoms with Gasteiger partial charge in [-0.05, 0) is 24.7 Å². The fourth-order valence-corrected chi connectivity index (χ4v) is 2.18. The van der Waals surface area contributed by atoms with Crippen LogP contribution < -0.4 is 5.32 Å². The first-order valence-electron chi connectivity index (χ1n) is 6.02. The van der Waals surface area contributed by atoms with Gasteiger partial charge in [0, 0.05) is 31.7 Å². The molecule has 1 N–H and O–H groups in total. The molecular formula is C12H24N2. The van der Waals surface area contributed by atoms with Crippen LogP contribution in [0.25, 0.3) is 0 Å². The summed E-state index contributed by atoms with van der Waals surface area (Å²) in [7, 11) is 0. The van der Waals surface area contributed by atoms with Crippen LogP contribution in [0.3, 0.4) is 0 Å². The molecule has 1 aliphatic heterocycles. The van der Waals surface area contributed by atoms with Gasteiger partial charge in [-0.15, -0.1) is 0 Å². The molecule has 1 heterocycles. The Kier molecular flexibility index (Phi) is 2.85. The fraction of sp³-hybridized carbons (Fsp3) is 1.00. The van der Waals surface area contributed by atoms with E-state index in [0.717, 1.165) is 18.6 Å². The highest BCUT2D eigenvalue weighted by Gasteiger charge is 2.34. The smallest absolute Gasteiger partial charge is 0.0207 e. The van der Waals surface area contributed by atoms with Gasteiger partial charge in [-0.25, -0.2) is 0 Å². The first kappa shape index (κ1) is 10.4. The van der Waals surface area contributed by atoms with Gasteiger partial charge in [0.1, 0.15) is 0 Å². The van der Waals surface area contributed by atoms with Crippen molar-refractivity contribution in [3.8, 4) is 0 Å². The Morgan fingerprint density at radius 2 is 1.93 bits per heavy atom. The molecule has 14 heavy (non-hydrogen) atoms. The molecule has 82 valence electrons. The number of likely N-dealkylation sites (tertiary alicyclic amines) is 1. The van der Waals surface area contributed by atoms with E-state index in [-0.39, 0.29) is 0 Å². The SMILES string of the molecule is CC(C)(C)CNC1CCN(C2CC2)C1. The summed E-state index contributed by atoms with van der Waals surface area (Å²) >= 11 is 0. The molecule has 2 heteroatoms. The predicted molar refractivity (Wildman–Crippen MR) is 60.5 cm³/mol. The normalized spacial score (nSPS) is 29.8. The van der Waals surface area contributed by atoms with Crippen LogP contribution in [-0.2, 0) is 0 Å². The van der Waals surface area contributed by atoms with Crippen molar-refractivity contribution >= 4 is 0 Å². The first-order chi connectivity index (χ1) is 6.54. The molecule has 0 radical (unpaired) electrons. The van der Waals surface area contributed by atoms with E-state index in [0.29, 0.717) is 5.41 Å². The van der Waals surface area contributed by atoms with Crippen LogP contribution in [-0.4, -0.2) is 36.6 Å². The predicted octanol–water partition coefficient (Wildman–Crippen LogP) is 1.86. The minimum absolute atomic E-state index is 0.424. The average Bonchev–Trinajstić information content (AvgIpc) is 2.81. The van der Waals surface area contributed by atoms with E-state index >= 15 is 0 Å². The van der Waals surface area contributed by atoms with Crippen LogP contribution in [0.15, 0.2) is 0 Å². The van der Waals surface area contributed by atoms with E-state index in [2.05, 4.69) is 31.0 Å². The van der Waals surface area contributed by atoms with Crippen molar-refractivity contribution in [3.05, 3.63) is 0 Å². The van der Waals surface area contributed by atoms with Crippen LogP contribution in [0.4, 0.5) is 0 Å². The maximum atomic E-state index is 3.69. The second-order valence-corrected chi connectivity index (χ2v) is 6.15. The molecule has 1 aliphatic carbocycles. The monoisotopic (exact) mass is 196 g/mol. The van der Waals surface area contributed by atoms with E-state index in [1.165, 1.54) is 32.4 Å². The van der Waals surface area contributed by atoms with Gasteiger partial charge >= 0.3 is 0 Å². The van der Waals surface area contributed by atoms with Gasteiger partial charge in [0.15, 0.2) is 0 Å². The maximum absolute atomic E-state index is 3.69. The third-order valence-electron chi connectivity index (χ3n) is 3.20. The summed E-state index contributed by atoms with van der Waals surface area (Å²) in [5, 5.41) is 3.69. The van der Waals surface area contributed by atoms with Crippen LogP contribution in [0.2, 0.25) is 0 Å². The van der Waals surface area contributed by atoms with Crippen molar-refractivity contribution in [2.24, 2.45) is 5.41 Å². The Morgan fingerprint density at radius 3 is 2.50 bits per heavy atom. The van der Waals surface area contributed by atoms with Gasteiger partial charge < -0.3 is 5.32 Å². The summed E-state index contributed by atoms with van der Waals surface area (Å²) in [5.74, 6) is 0. The molecule has 0 bridgehead atoms. The molecule has 0 aromatic rings. The second-order valence-electron chi connectivity index (χ2n) is 6.15. The van der Waals surface area contributed by atoms with E-state index in [1.54, 1.807) is 0 Å². The van der Waals surface area contributed by atoms with E-state index in [1.807, 2.05) is 0 Å². The van der Waals surface area contributed by atoms with Crippen LogP contribution in [0.5, 0.6) is 0 Å². The third-order valence-corrected chi connectivity index (χ3v) is 3.20. The Morgan fingerprint density at radius 1 is 1.21 bits per heavy atom. The van der Waals surface area contributed by atoms with E-state index < -0.39 is 0 Å². The van der Waals surface area contributed by atoms with E-state index in [4.69, 9.17) is 0 Å². The van der Waals surface area contributed by atoms with Gasteiger partial charge in [-0.1, -0.05) is 20.8 Å². The highest BCUT2D eigenvalue weighted by Crippen LogP contribution is 2.29. The quantitative estimate of drug-likeness (QED) is 0.741. The van der Waals surface area contributed by atoms with Gasteiger partial charge in [0.2, 0.25) is 0 Å². The van der Waals surface area contributed by atoms with Gasteiger partial charge in [-0.3, -0.25) is 4.90 Å². The molecule has 0 spiro atoms. The minimum Gasteiger partial charge on any atom is -0.312 e. The molecule has 2 aliphatic rings. The topological polar surface area (TPSA) is 15.3 Å². The minimum atomic E-state index is 0.424. The number of hydrogen-bond donors (Lipinski definition) is 1. The molecule has 1 unspecified atom stereocenters. The van der Waals surface area contributed by atoms with E-state index in [9.17, 15) is 0 Å². The highest BCUT2D eigenvalue weighted by atomic mass is 15.2. The Hall–Kier alpha value is -0.0800. The summed E-state index contributed by atoms with van der Waals surface area (Å²) in [5.41, 5.74) is 0.424. The molecule has 1 saturated carbocycles. The lowest BCUT2D eigenvalue weighted by molar-refractivity contribution is 0.304. The van der Waals surface area contributed by atoms with Crippen LogP contribution >= 0.6 is 0 Å². The Bertz CT molecular complexity index is 191. The summed E-state index contributed by atoms with van der Waals surface area (Å²) < 4.78 is 0. The molecule has 0 aromatic carbocycles. The number of nitrogens with zero attached hydrogens (tertiary/aromatic N) is 1. The molecule has 2 fully saturated rings. The molecule has 1 atom stereocenters. The number of nitrogens with one attached hydrogen (secondary N) is 1. The van der Waals surface area contributed by atoms with Crippen LogP contribution in [0.1, 0.15) is 40.0 Å². The molecular weight excluding hydrogens is 172 g/mol. The van der Waals surface area contributed by atoms with Crippen molar-refractivity contribution in [1.82, 2.24) is 10.2 Å². The summed E-state index contributed by atoms with van der Waals surface area (Å²) in [6.45, 7) is 10.7. The summed E-state index contributed by atoms with van der Waals surface area (Å²) in [4.78, 5) is 2.67. The molecule has 0 aromatic heterocycles. The molecule has 0 amide bonds. The van der Waals surface area contributed by atoms with Crippen molar-refractivity contribution < 1.29 is 0 Å². The summed E-state index contributed by atoms with van der Waals surface area (Å²) in [6, 6.07) is 1.71. The van der Waals surface area contributed by atoms with Crippen molar-refractivity contribution in [2.75, 3.05) is 19.6 Å². The largest absolute Gasteiger partial charge is 0.312 e. The first-order valence-corrected chi connectivity index (χ1v) is 6.02. The Balaban J connectivity index is 1.68. The van der Waals surface area contributed by atoms with Crippen molar-refractivity contribution in [1.29, 1.82) is 0 Å². The van der Waals surface area contributed by atoms with Crippen LogP contribution in [0, 0.1) is 5.41 Å². The number of rotatable bonds is 3. The zero-order valence-corrected chi connectivity index (χ0v) is 9.84. The lowest BCUT2D eigenvalue weighted by Crippen LogP contribution is -2.38. The number of hydrogen-bond acceptors (Lipinski definition) is 2. The van der Waals surface area contributed by atoms with Gasteiger partial charge in [0.05, 0.1) is 0 Å². The zero-order valence-electron chi connectivity index (χ0n) is 9.84. The van der Waals surface area contributed by atoms with Gasteiger partial charge in [-0.2, -0.15) is 0 Å². The van der Waals surface area contributed by atoms with Crippen molar-refractivity contribution in [2.45, 2.75) is 52.1 Å². The standard InChI is InChI=1S/C12H24N2/c1-12(2,3)9-13-10-6-7-14(8-10)11-4-5-11/h10-11,13H,4-9H2,1-3H3. The molecule has 2 rings (SSSR count). The highest BCUT2D eigenvalue weighted by molar-refractivity contribution is 4.92. The lowest BCUT2D eigenvalue weighted by atomic mass is 9.96. The van der Waals surface area contributed by atoms with Crippen molar-refractivity contribution in [3.63, 3.8) is 0 Å². The average molecular weight is 196 g/mol. The van der Waals surface area contributed by atoms with Gasteiger partial charge in [0.25, 0.3) is 0 Å². The molecule has 1 saturated heterocycles. The summed E-state index contributed by atoms with van der Waals surface area (Å²) in [6.07, 6.45) is 4.25. The Labute approximate surface area is 88.1 Å². The molecule has 2 nitrogen and oxygen atoms in total. The third kappa shape index (κ3) is 2.96.